The fourth-order valence-corrected chi connectivity index (χ4v) is 6.06. The minimum absolute atomic E-state index is 0.137. The van der Waals surface area contributed by atoms with Gasteiger partial charge >= 0.3 is 0 Å². The molecule has 7 nitrogen and oxygen atoms in total. The molecule has 0 unspecified atom stereocenters. The first-order valence-electron chi connectivity index (χ1n) is 12.3. The molecule has 1 amide bonds. The maximum atomic E-state index is 13.4. The van der Waals surface area contributed by atoms with Crippen molar-refractivity contribution in [2.45, 2.75) is 38.0 Å². The van der Waals surface area contributed by atoms with Crippen LogP contribution in [0.15, 0.2) is 55.0 Å². The van der Waals surface area contributed by atoms with E-state index in [0.29, 0.717) is 10.6 Å². The van der Waals surface area contributed by atoms with E-state index in [1.54, 1.807) is 19.5 Å². The molecule has 184 valence electrons. The summed E-state index contributed by atoms with van der Waals surface area (Å²) in [6.07, 6.45) is 7.42. The number of aromatic nitrogens is 3. The van der Waals surface area contributed by atoms with Crippen molar-refractivity contribution in [1.82, 2.24) is 25.2 Å². The number of aryl methyl sites for hydroxylation is 1. The number of H-pyrrole nitrogens is 1. The molecule has 1 aromatic carbocycles. The minimum Gasteiger partial charge on any atom is -0.380 e. The van der Waals surface area contributed by atoms with Crippen LogP contribution in [-0.4, -0.2) is 58.1 Å². The van der Waals surface area contributed by atoms with Crippen molar-refractivity contribution in [3.8, 4) is 11.3 Å². The van der Waals surface area contributed by atoms with Crippen molar-refractivity contribution < 1.29 is 9.53 Å². The van der Waals surface area contributed by atoms with Gasteiger partial charge in [0, 0.05) is 60.8 Å². The van der Waals surface area contributed by atoms with Gasteiger partial charge in [0.15, 0.2) is 0 Å². The number of benzene rings is 1. The molecule has 0 spiro atoms. The van der Waals surface area contributed by atoms with Gasteiger partial charge in [-0.3, -0.25) is 14.7 Å². The average molecular weight is 502 g/mol. The number of rotatable bonds is 5. The van der Waals surface area contributed by atoms with Crippen molar-refractivity contribution in [3.63, 3.8) is 0 Å². The number of halogens is 1. The summed E-state index contributed by atoms with van der Waals surface area (Å²) < 4.78 is 5.59. The van der Waals surface area contributed by atoms with Crippen LogP contribution in [0.3, 0.4) is 0 Å². The first-order chi connectivity index (χ1) is 17.5. The van der Waals surface area contributed by atoms with E-state index in [-0.39, 0.29) is 24.1 Å². The zero-order chi connectivity index (χ0) is 24.8. The van der Waals surface area contributed by atoms with Crippen LogP contribution >= 0.6 is 11.6 Å². The van der Waals surface area contributed by atoms with Crippen LogP contribution in [0.4, 0.5) is 0 Å². The molecule has 3 aromatic heterocycles. The van der Waals surface area contributed by atoms with Gasteiger partial charge < -0.3 is 15.0 Å². The number of fused-ring (bicyclic) bond motifs is 2. The predicted molar refractivity (Wildman–Crippen MR) is 140 cm³/mol. The van der Waals surface area contributed by atoms with Gasteiger partial charge in [-0.05, 0) is 60.7 Å². The van der Waals surface area contributed by atoms with Gasteiger partial charge in [-0.25, -0.2) is 4.98 Å². The lowest BCUT2D eigenvalue weighted by molar-refractivity contribution is 0.0860. The van der Waals surface area contributed by atoms with E-state index < -0.39 is 0 Å². The molecule has 0 radical (unpaired) electrons. The molecule has 0 saturated carbocycles. The Bertz CT molecular complexity index is 1430. The second-order valence-electron chi connectivity index (χ2n) is 9.66. The van der Waals surface area contributed by atoms with E-state index >= 15 is 0 Å². The number of hydrogen-bond acceptors (Lipinski definition) is 5. The van der Waals surface area contributed by atoms with E-state index in [2.05, 4.69) is 31.2 Å². The highest BCUT2D eigenvalue weighted by atomic mass is 35.5. The number of aromatic amines is 1. The van der Waals surface area contributed by atoms with Gasteiger partial charge in [-0.2, -0.15) is 0 Å². The Balaban J connectivity index is 1.27. The van der Waals surface area contributed by atoms with E-state index in [0.717, 1.165) is 59.3 Å². The van der Waals surface area contributed by atoms with Crippen molar-refractivity contribution in [1.29, 1.82) is 0 Å². The monoisotopic (exact) mass is 501 g/mol. The highest BCUT2D eigenvalue weighted by molar-refractivity contribution is 6.31. The van der Waals surface area contributed by atoms with Crippen LogP contribution in [0.2, 0.25) is 5.02 Å². The molecule has 4 aromatic rings. The SMILES string of the molecule is CO[C@@H]1CCN([C@@H]2Cc3cccc(Cl)c3[C@H]2NC(=O)c2ccc(-c3ccnc4[nH]cc(C)c34)nc2)C1. The zero-order valence-corrected chi connectivity index (χ0v) is 21.0. The number of pyridine rings is 2. The summed E-state index contributed by atoms with van der Waals surface area (Å²) in [7, 11) is 1.76. The number of nitrogens with zero attached hydrogens (tertiary/aromatic N) is 3. The van der Waals surface area contributed by atoms with E-state index in [1.165, 1.54) is 5.56 Å². The first-order valence-corrected chi connectivity index (χ1v) is 12.7. The molecule has 6 rings (SSSR count). The van der Waals surface area contributed by atoms with Crippen LogP contribution in [0, 0.1) is 6.92 Å². The second-order valence-corrected chi connectivity index (χ2v) is 10.1. The predicted octanol–water partition coefficient (Wildman–Crippen LogP) is 4.70. The zero-order valence-electron chi connectivity index (χ0n) is 20.3. The quantitative estimate of drug-likeness (QED) is 0.414. The van der Waals surface area contributed by atoms with Crippen LogP contribution in [0.5, 0.6) is 0 Å². The topological polar surface area (TPSA) is 83.1 Å². The Morgan fingerprint density at radius 2 is 2.11 bits per heavy atom. The summed E-state index contributed by atoms with van der Waals surface area (Å²) in [5.41, 5.74) is 6.46. The number of ether oxygens (including phenoxy) is 1. The number of amides is 1. The average Bonchev–Trinajstić information content (AvgIpc) is 3.62. The first kappa shape index (κ1) is 23.2. The van der Waals surface area contributed by atoms with Gasteiger partial charge in [0.2, 0.25) is 0 Å². The molecule has 3 atom stereocenters. The summed E-state index contributed by atoms with van der Waals surface area (Å²) in [6.45, 7) is 3.84. The van der Waals surface area contributed by atoms with Crippen LogP contribution in [0.25, 0.3) is 22.3 Å². The van der Waals surface area contributed by atoms with Gasteiger partial charge in [0.1, 0.15) is 5.65 Å². The normalized spacial score (nSPS) is 21.7. The van der Waals surface area contributed by atoms with Crippen molar-refractivity contribution in [3.05, 3.63) is 82.3 Å². The molecule has 8 heteroatoms. The number of nitrogens with one attached hydrogen (secondary N) is 2. The molecular formula is C28H28ClN5O2. The third-order valence-electron chi connectivity index (χ3n) is 7.61. The Labute approximate surface area is 214 Å². The summed E-state index contributed by atoms with van der Waals surface area (Å²) in [5, 5.41) is 5.02. The Hall–Kier alpha value is -3.26. The highest BCUT2D eigenvalue weighted by Gasteiger charge is 2.41. The van der Waals surface area contributed by atoms with Gasteiger partial charge in [0.05, 0.1) is 23.4 Å². The van der Waals surface area contributed by atoms with E-state index in [4.69, 9.17) is 16.3 Å². The Morgan fingerprint density at radius 3 is 2.89 bits per heavy atom. The van der Waals surface area contributed by atoms with Crippen LogP contribution < -0.4 is 5.32 Å². The molecule has 1 aliphatic heterocycles. The Kier molecular flexibility index (Phi) is 5.99. The molecule has 1 fully saturated rings. The van der Waals surface area contributed by atoms with Crippen LogP contribution in [0.1, 0.15) is 39.5 Å². The van der Waals surface area contributed by atoms with Crippen molar-refractivity contribution in [2.75, 3.05) is 20.2 Å². The van der Waals surface area contributed by atoms with E-state index in [1.807, 2.05) is 43.5 Å². The smallest absolute Gasteiger partial charge is 0.253 e. The summed E-state index contributed by atoms with van der Waals surface area (Å²) in [5.74, 6) is -0.156. The fourth-order valence-electron chi connectivity index (χ4n) is 5.74. The third-order valence-corrected chi connectivity index (χ3v) is 7.94. The molecule has 36 heavy (non-hydrogen) atoms. The lowest BCUT2D eigenvalue weighted by Gasteiger charge is -2.30. The van der Waals surface area contributed by atoms with Crippen molar-refractivity contribution >= 4 is 28.5 Å². The number of methoxy groups -OCH3 is 1. The lowest BCUT2D eigenvalue weighted by atomic mass is 10.0. The number of carbonyl (C=O) groups is 1. The van der Waals surface area contributed by atoms with Crippen LogP contribution in [-0.2, 0) is 11.2 Å². The number of likely N-dealkylation sites (tertiary alicyclic amines) is 1. The molecule has 2 aliphatic rings. The fraction of sp³-hybridized carbons (Fsp3) is 0.321. The van der Waals surface area contributed by atoms with Gasteiger partial charge in [-0.1, -0.05) is 23.7 Å². The number of hydrogen-bond donors (Lipinski definition) is 2. The van der Waals surface area contributed by atoms with Gasteiger partial charge in [-0.15, -0.1) is 0 Å². The molecular weight excluding hydrogens is 474 g/mol. The number of carbonyl (C=O) groups excluding carboxylic acids is 1. The lowest BCUT2D eigenvalue weighted by Crippen LogP contribution is -2.44. The largest absolute Gasteiger partial charge is 0.380 e. The molecule has 4 heterocycles. The summed E-state index contributed by atoms with van der Waals surface area (Å²) >= 11 is 6.65. The van der Waals surface area contributed by atoms with E-state index in [9.17, 15) is 4.79 Å². The maximum Gasteiger partial charge on any atom is 0.253 e. The standard InChI is InChI=1S/C28H28ClN5O2/c1-16-13-32-27-24(16)20(8-10-30-27)22-7-6-18(14-31-22)28(35)33-26-23(34-11-9-19(15-34)36-2)12-17-4-3-5-21(29)25(17)26/h3-8,10,13-14,19,23,26H,9,11-12,15H2,1-2H3,(H,30,32)(H,33,35)/t19-,23-,26+/m1/s1. The van der Waals surface area contributed by atoms with Gasteiger partial charge in [0.25, 0.3) is 5.91 Å². The molecule has 1 aliphatic carbocycles. The molecule has 2 N–H and O–H groups in total. The highest BCUT2D eigenvalue weighted by Crippen LogP contribution is 2.40. The minimum atomic E-state index is -0.196. The van der Waals surface area contributed by atoms with Crippen molar-refractivity contribution in [2.24, 2.45) is 0 Å². The third kappa shape index (κ3) is 3.97. The summed E-state index contributed by atoms with van der Waals surface area (Å²) in [4.78, 5) is 28.1. The maximum absolute atomic E-state index is 13.4. The second kappa shape index (κ2) is 9.32. The molecule has 1 saturated heterocycles. The summed E-state index contributed by atoms with van der Waals surface area (Å²) in [6, 6.07) is 11.6. The molecule has 0 bridgehead atoms. The Morgan fingerprint density at radius 1 is 1.22 bits per heavy atom.